The molecular formula is C16H10F3N3O2S. The van der Waals surface area contributed by atoms with Gasteiger partial charge in [-0.25, -0.2) is 18.0 Å². The Labute approximate surface area is 144 Å². The number of anilines is 2. The lowest BCUT2D eigenvalue weighted by molar-refractivity contribution is 0.0696. The number of rotatable bonds is 4. The highest BCUT2D eigenvalue weighted by atomic mass is 32.1. The Morgan fingerprint density at radius 1 is 1.20 bits per heavy atom. The smallest absolute Gasteiger partial charge is 0.338 e. The average molecular weight is 365 g/mol. The molecule has 0 saturated carbocycles. The van der Waals surface area contributed by atoms with Crippen molar-refractivity contribution in [2.75, 3.05) is 5.32 Å². The first-order valence-corrected chi connectivity index (χ1v) is 7.68. The molecule has 2 N–H and O–H groups in total. The van der Waals surface area contributed by atoms with Gasteiger partial charge in [-0.1, -0.05) is 6.07 Å². The number of nitrogens with zero attached hydrogens (tertiary/aromatic N) is 2. The predicted octanol–water partition coefficient (Wildman–Crippen LogP) is 4.37. The molecule has 3 aromatic rings. The lowest BCUT2D eigenvalue weighted by Crippen LogP contribution is -2.09. The summed E-state index contributed by atoms with van der Waals surface area (Å²) < 4.78 is 48.8. The summed E-state index contributed by atoms with van der Waals surface area (Å²) >= 11 is 1.05. The van der Waals surface area contributed by atoms with Crippen molar-refractivity contribution in [3.63, 3.8) is 0 Å². The van der Waals surface area contributed by atoms with Crippen LogP contribution in [0.1, 0.15) is 15.9 Å². The topological polar surface area (TPSA) is 75.1 Å². The van der Waals surface area contributed by atoms with E-state index in [1.54, 1.807) is 31.3 Å². The Morgan fingerprint density at radius 3 is 2.56 bits per heavy atom. The molecule has 3 rings (SSSR count). The van der Waals surface area contributed by atoms with Crippen molar-refractivity contribution in [1.82, 2.24) is 8.75 Å². The SMILES string of the molecule is Cc1cc(-c2cnsn2)ccc1Nc1c(C(=O)O)cc(F)c(F)c1F. The lowest BCUT2D eigenvalue weighted by atomic mass is 10.1. The molecule has 1 aromatic heterocycles. The van der Waals surface area contributed by atoms with Crippen LogP contribution in [0.25, 0.3) is 11.3 Å². The molecule has 0 radical (unpaired) electrons. The molecule has 9 heteroatoms. The van der Waals surface area contributed by atoms with E-state index in [9.17, 15) is 18.0 Å². The maximum Gasteiger partial charge on any atom is 0.338 e. The molecule has 5 nitrogen and oxygen atoms in total. The van der Waals surface area contributed by atoms with Crippen LogP contribution in [0, 0.1) is 24.4 Å². The Bertz CT molecular complexity index is 962. The molecule has 0 spiro atoms. The second kappa shape index (κ2) is 6.52. The molecule has 0 bridgehead atoms. The second-order valence-electron chi connectivity index (χ2n) is 5.16. The number of hydrogen-bond acceptors (Lipinski definition) is 5. The highest BCUT2D eigenvalue weighted by Crippen LogP contribution is 2.31. The van der Waals surface area contributed by atoms with Gasteiger partial charge in [0.25, 0.3) is 0 Å². The summed E-state index contributed by atoms with van der Waals surface area (Å²) in [6.45, 7) is 1.70. The van der Waals surface area contributed by atoms with Crippen LogP contribution < -0.4 is 5.32 Å². The van der Waals surface area contributed by atoms with Crippen LogP contribution in [-0.2, 0) is 0 Å². The Hall–Kier alpha value is -2.94. The third-order valence-corrected chi connectivity index (χ3v) is 4.01. The van der Waals surface area contributed by atoms with Crippen LogP contribution >= 0.6 is 11.7 Å². The first kappa shape index (κ1) is 16.9. The van der Waals surface area contributed by atoms with Crippen LogP contribution in [0.5, 0.6) is 0 Å². The van der Waals surface area contributed by atoms with Crippen molar-refractivity contribution >= 4 is 29.1 Å². The first-order valence-electron chi connectivity index (χ1n) is 6.95. The van der Waals surface area contributed by atoms with Crippen molar-refractivity contribution in [3.05, 3.63) is 59.0 Å². The molecule has 128 valence electrons. The summed E-state index contributed by atoms with van der Waals surface area (Å²) in [7, 11) is 0. The zero-order chi connectivity index (χ0) is 18.1. The van der Waals surface area contributed by atoms with Crippen molar-refractivity contribution in [3.8, 4) is 11.3 Å². The molecule has 0 fully saturated rings. The number of carboxylic acid groups (broad SMARTS) is 1. The lowest BCUT2D eigenvalue weighted by Gasteiger charge is -2.14. The van der Waals surface area contributed by atoms with Crippen molar-refractivity contribution in [1.29, 1.82) is 0 Å². The van der Waals surface area contributed by atoms with Crippen molar-refractivity contribution in [2.24, 2.45) is 0 Å². The Morgan fingerprint density at radius 2 is 1.96 bits per heavy atom. The van der Waals surface area contributed by atoms with Crippen LogP contribution in [0.15, 0.2) is 30.5 Å². The van der Waals surface area contributed by atoms with Gasteiger partial charge in [0.15, 0.2) is 17.5 Å². The number of aryl methyl sites for hydroxylation is 1. The zero-order valence-electron chi connectivity index (χ0n) is 12.7. The van der Waals surface area contributed by atoms with Gasteiger partial charge in [-0.15, -0.1) is 0 Å². The van der Waals surface area contributed by atoms with Gasteiger partial charge in [-0.2, -0.15) is 8.75 Å². The van der Waals surface area contributed by atoms with E-state index in [0.29, 0.717) is 23.0 Å². The normalized spacial score (nSPS) is 10.7. The number of carboxylic acids is 1. The minimum atomic E-state index is -1.74. The molecule has 0 unspecified atom stereocenters. The van der Waals surface area contributed by atoms with Gasteiger partial charge >= 0.3 is 5.97 Å². The largest absolute Gasteiger partial charge is 0.478 e. The molecule has 0 amide bonds. The second-order valence-corrected chi connectivity index (χ2v) is 5.72. The summed E-state index contributed by atoms with van der Waals surface area (Å²) in [5, 5.41) is 11.6. The number of aromatic carboxylic acids is 1. The van der Waals surface area contributed by atoms with Gasteiger partial charge in [0.1, 0.15) is 5.69 Å². The van der Waals surface area contributed by atoms with Crippen LogP contribution in [0.4, 0.5) is 24.5 Å². The third-order valence-electron chi connectivity index (χ3n) is 3.54. The molecule has 2 aromatic carbocycles. The fourth-order valence-electron chi connectivity index (χ4n) is 2.28. The van der Waals surface area contributed by atoms with Gasteiger partial charge in [0, 0.05) is 11.3 Å². The minimum absolute atomic E-state index is 0.347. The number of hydrogen-bond donors (Lipinski definition) is 2. The maximum absolute atomic E-state index is 14.0. The Kier molecular flexibility index (Phi) is 4.41. The van der Waals surface area contributed by atoms with E-state index in [1.807, 2.05) is 0 Å². The van der Waals surface area contributed by atoms with Crippen molar-refractivity contribution < 1.29 is 23.1 Å². The first-order chi connectivity index (χ1) is 11.9. The van der Waals surface area contributed by atoms with E-state index in [-0.39, 0.29) is 0 Å². The van der Waals surface area contributed by atoms with E-state index in [4.69, 9.17) is 5.11 Å². The fourth-order valence-corrected chi connectivity index (χ4v) is 2.71. The molecule has 0 saturated heterocycles. The number of benzene rings is 2. The van der Waals surface area contributed by atoms with E-state index in [1.165, 1.54) is 0 Å². The monoisotopic (exact) mass is 365 g/mol. The zero-order valence-corrected chi connectivity index (χ0v) is 13.5. The van der Waals surface area contributed by atoms with E-state index in [2.05, 4.69) is 14.1 Å². The van der Waals surface area contributed by atoms with Crippen LogP contribution in [-0.4, -0.2) is 19.8 Å². The molecule has 25 heavy (non-hydrogen) atoms. The fraction of sp³-hybridized carbons (Fsp3) is 0.0625. The Balaban J connectivity index is 2.03. The van der Waals surface area contributed by atoms with Gasteiger partial charge in [0.05, 0.1) is 29.2 Å². The van der Waals surface area contributed by atoms with Gasteiger partial charge in [0.2, 0.25) is 0 Å². The van der Waals surface area contributed by atoms with Gasteiger partial charge in [-0.3, -0.25) is 0 Å². The molecule has 0 aliphatic rings. The summed E-state index contributed by atoms with van der Waals surface area (Å²) in [6.07, 6.45) is 1.59. The highest BCUT2D eigenvalue weighted by molar-refractivity contribution is 6.99. The highest BCUT2D eigenvalue weighted by Gasteiger charge is 2.23. The van der Waals surface area contributed by atoms with Gasteiger partial charge < -0.3 is 10.4 Å². The maximum atomic E-state index is 14.0. The summed E-state index contributed by atoms with van der Waals surface area (Å²) in [5.41, 5.74) is 1.05. The van der Waals surface area contributed by atoms with Crippen LogP contribution in [0.3, 0.4) is 0 Å². The van der Waals surface area contributed by atoms with E-state index < -0.39 is 34.7 Å². The number of halogens is 3. The average Bonchev–Trinajstić information content (AvgIpc) is 3.10. The summed E-state index contributed by atoms with van der Waals surface area (Å²) in [4.78, 5) is 11.2. The minimum Gasteiger partial charge on any atom is -0.478 e. The third kappa shape index (κ3) is 3.18. The number of carbonyl (C=O) groups is 1. The molecule has 0 aliphatic heterocycles. The van der Waals surface area contributed by atoms with Gasteiger partial charge in [-0.05, 0) is 30.7 Å². The van der Waals surface area contributed by atoms with Crippen LogP contribution in [0.2, 0.25) is 0 Å². The summed E-state index contributed by atoms with van der Waals surface area (Å²) in [5.74, 6) is -6.48. The number of aromatic nitrogens is 2. The molecular weight excluding hydrogens is 355 g/mol. The quantitative estimate of drug-likeness (QED) is 0.672. The molecule has 1 heterocycles. The standard InChI is InChI=1S/C16H10F3N3O2S/c1-7-4-8(12-6-20-25-22-12)2-3-11(7)21-15-9(16(23)24)5-10(17)13(18)14(15)19/h2-6,21H,1H3,(H,23,24). The van der Waals surface area contributed by atoms with Crippen molar-refractivity contribution in [2.45, 2.75) is 6.92 Å². The predicted molar refractivity (Wildman–Crippen MR) is 86.6 cm³/mol. The van der Waals surface area contributed by atoms with E-state index in [0.717, 1.165) is 17.3 Å². The molecule has 0 aliphatic carbocycles. The van der Waals surface area contributed by atoms with E-state index >= 15 is 0 Å². The number of nitrogens with one attached hydrogen (secondary N) is 1. The summed E-state index contributed by atoms with van der Waals surface area (Å²) in [6, 6.07) is 5.41. The molecule has 0 atom stereocenters.